The first-order valence-corrected chi connectivity index (χ1v) is 6.26. The minimum absolute atomic E-state index is 0.456. The second kappa shape index (κ2) is 7.13. The minimum atomic E-state index is 0.456. The molecule has 0 N–H and O–H groups in total. The molecule has 3 heteroatoms. The van der Waals surface area contributed by atoms with Crippen molar-refractivity contribution in [1.82, 2.24) is 0 Å². The molecular formula is C12H18BrClO. The Morgan fingerprint density at radius 3 is 2.20 bits per heavy atom. The van der Waals surface area contributed by atoms with Crippen molar-refractivity contribution in [2.45, 2.75) is 33.6 Å². The largest absolute Gasteiger partial charge is 0.495 e. The lowest BCUT2D eigenvalue weighted by Gasteiger charge is -2.11. The fraction of sp³-hybridized carbons (Fsp3) is 0.500. The van der Waals surface area contributed by atoms with Crippen molar-refractivity contribution < 1.29 is 4.74 Å². The Morgan fingerprint density at radius 1 is 1.27 bits per heavy atom. The lowest BCUT2D eigenvalue weighted by Crippen LogP contribution is -1.92. The predicted octanol–water partition coefficient (Wildman–Crippen LogP) is 5.26. The van der Waals surface area contributed by atoms with E-state index in [1.807, 2.05) is 26.0 Å². The van der Waals surface area contributed by atoms with Crippen molar-refractivity contribution in [3.63, 3.8) is 0 Å². The summed E-state index contributed by atoms with van der Waals surface area (Å²) in [4.78, 5) is 0. The molecule has 0 atom stereocenters. The molecule has 0 aromatic heterocycles. The van der Waals surface area contributed by atoms with Crippen LogP contribution in [0.3, 0.4) is 0 Å². The highest BCUT2D eigenvalue weighted by Crippen LogP contribution is 2.34. The van der Waals surface area contributed by atoms with Gasteiger partial charge in [-0.25, -0.2) is 0 Å². The first-order chi connectivity index (χ1) is 7.06. The van der Waals surface area contributed by atoms with Crippen LogP contribution in [0.1, 0.15) is 39.2 Å². The summed E-state index contributed by atoms with van der Waals surface area (Å²) in [6.07, 6.45) is 0. The Labute approximate surface area is 106 Å². The number of hydrogen-bond acceptors (Lipinski definition) is 1. The van der Waals surface area contributed by atoms with Gasteiger partial charge in [0.05, 0.1) is 12.1 Å². The first-order valence-electron chi connectivity index (χ1n) is 5.09. The van der Waals surface area contributed by atoms with Gasteiger partial charge in [-0.1, -0.05) is 55.2 Å². The molecule has 15 heavy (non-hydrogen) atoms. The van der Waals surface area contributed by atoms with E-state index in [-0.39, 0.29) is 0 Å². The second-order valence-electron chi connectivity index (χ2n) is 3.16. The van der Waals surface area contributed by atoms with Gasteiger partial charge in [-0.15, -0.1) is 0 Å². The topological polar surface area (TPSA) is 9.23 Å². The van der Waals surface area contributed by atoms with Crippen LogP contribution in [0, 0.1) is 0 Å². The molecule has 0 amide bonds. The highest BCUT2D eigenvalue weighted by atomic mass is 79.9. The summed E-state index contributed by atoms with van der Waals surface area (Å²) in [6, 6.07) is 3.84. The van der Waals surface area contributed by atoms with Gasteiger partial charge in [0, 0.05) is 4.47 Å². The van der Waals surface area contributed by atoms with E-state index in [9.17, 15) is 0 Å². The third kappa shape index (κ3) is 4.04. The second-order valence-corrected chi connectivity index (χ2v) is 4.42. The van der Waals surface area contributed by atoms with Crippen molar-refractivity contribution in [1.29, 1.82) is 0 Å². The summed E-state index contributed by atoms with van der Waals surface area (Å²) in [7, 11) is 1.61. The summed E-state index contributed by atoms with van der Waals surface area (Å²) in [5, 5.41) is 0.661. The lowest BCUT2D eigenvalue weighted by atomic mass is 10.0. The van der Waals surface area contributed by atoms with Crippen molar-refractivity contribution in [2.24, 2.45) is 0 Å². The summed E-state index contributed by atoms with van der Waals surface area (Å²) < 4.78 is 6.14. The maximum Gasteiger partial charge on any atom is 0.138 e. The van der Waals surface area contributed by atoms with E-state index in [0.29, 0.717) is 16.7 Å². The fourth-order valence-corrected chi connectivity index (χ4v) is 2.17. The molecule has 1 nitrogen and oxygen atoms in total. The van der Waals surface area contributed by atoms with Crippen LogP contribution in [0.2, 0.25) is 5.02 Å². The van der Waals surface area contributed by atoms with Crippen LogP contribution in [-0.4, -0.2) is 7.11 Å². The Balaban J connectivity index is 0.000000921. The van der Waals surface area contributed by atoms with E-state index < -0.39 is 0 Å². The van der Waals surface area contributed by atoms with E-state index in [0.717, 1.165) is 4.47 Å². The Bertz CT molecular complexity index is 311. The maximum absolute atomic E-state index is 6.00. The van der Waals surface area contributed by atoms with E-state index in [4.69, 9.17) is 16.3 Å². The Hall–Kier alpha value is -0.210. The monoisotopic (exact) mass is 292 g/mol. The number of benzene rings is 1. The molecule has 0 spiro atoms. The van der Waals surface area contributed by atoms with Gasteiger partial charge in [-0.2, -0.15) is 0 Å². The van der Waals surface area contributed by atoms with Crippen molar-refractivity contribution in [3.8, 4) is 5.75 Å². The number of rotatable bonds is 2. The Kier molecular flexibility index (Phi) is 7.03. The molecular weight excluding hydrogens is 275 g/mol. The summed E-state index contributed by atoms with van der Waals surface area (Å²) in [6.45, 7) is 8.26. The molecule has 0 aliphatic heterocycles. The number of ether oxygens (including phenoxy) is 1. The molecule has 1 aromatic rings. The van der Waals surface area contributed by atoms with Crippen LogP contribution in [0.15, 0.2) is 16.6 Å². The predicted molar refractivity (Wildman–Crippen MR) is 71.1 cm³/mol. The molecule has 0 unspecified atom stereocenters. The van der Waals surface area contributed by atoms with Gasteiger partial charge in [0.15, 0.2) is 0 Å². The van der Waals surface area contributed by atoms with Gasteiger partial charge in [-0.05, 0) is 23.6 Å². The van der Waals surface area contributed by atoms with Crippen LogP contribution in [0.5, 0.6) is 5.75 Å². The van der Waals surface area contributed by atoms with E-state index in [1.54, 1.807) is 7.11 Å². The number of methoxy groups -OCH3 is 1. The van der Waals surface area contributed by atoms with Gasteiger partial charge in [-0.3, -0.25) is 0 Å². The van der Waals surface area contributed by atoms with Crippen LogP contribution >= 0.6 is 27.5 Å². The highest BCUT2D eigenvalue weighted by molar-refractivity contribution is 9.10. The molecule has 0 aliphatic rings. The standard InChI is InChI=1S/C10H12BrClO.C2H6/c1-6(2)7-4-9(12)10(13-3)5-8(7)11;1-2/h4-6H,1-3H3;1-2H3. The van der Waals surface area contributed by atoms with Crippen molar-refractivity contribution >= 4 is 27.5 Å². The molecule has 86 valence electrons. The van der Waals surface area contributed by atoms with Crippen LogP contribution in [0.4, 0.5) is 0 Å². The third-order valence-electron chi connectivity index (χ3n) is 1.89. The summed E-state index contributed by atoms with van der Waals surface area (Å²) in [5.74, 6) is 1.16. The third-order valence-corrected chi connectivity index (χ3v) is 2.88. The zero-order chi connectivity index (χ0) is 12.0. The molecule has 1 aromatic carbocycles. The molecule has 0 saturated carbocycles. The molecule has 0 aliphatic carbocycles. The fourth-order valence-electron chi connectivity index (χ4n) is 1.14. The zero-order valence-corrected chi connectivity index (χ0v) is 12.2. The SMILES string of the molecule is CC.COc1cc(Br)c(C(C)C)cc1Cl. The van der Waals surface area contributed by atoms with E-state index in [2.05, 4.69) is 29.8 Å². The lowest BCUT2D eigenvalue weighted by molar-refractivity contribution is 0.414. The van der Waals surface area contributed by atoms with Crippen molar-refractivity contribution in [3.05, 3.63) is 27.2 Å². The highest BCUT2D eigenvalue weighted by Gasteiger charge is 2.09. The molecule has 0 bridgehead atoms. The first kappa shape index (κ1) is 14.8. The van der Waals surface area contributed by atoms with Gasteiger partial charge in [0.25, 0.3) is 0 Å². The molecule has 0 saturated heterocycles. The summed E-state index contributed by atoms with van der Waals surface area (Å²) >= 11 is 9.48. The van der Waals surface area contributed by atoms with E-state index in [1.165, 1.54) is 5.56 Å². The van der Waals surface area contributed by atoms with E-state index >= 15 is 0 Å². The smallest absolute Gasteiger partial charge is 0.138 e. The molecule has 0 radical (unpaired) electrons. The normalized spacial score (nSPS) is 9.60. The molecule has 1 rings (SSSR count). The zero-order valence-electron chi connectivity index (χ0n) is 9.90. The van der Waals surface area contributed by atoms with Gasteiger partial charge in [0.1, 0.15) is 5.75 Å². The van der Waals surface area contributed by atoms with Crippen LogP contribution in [-0.2, 0) is 0 Å². The minimum Gasteiger partial charge on any atom is -0.495 e. The van der Waals surface area contributed by atoms with Gasteiger partial charge in [0.2, 0.25) is 0 Å². The average Bonchev–Trinajstić information content (AvgIpc) is 2.23. The number of hydrogen-bond donors (Lipinski definition) is 0. The molecule has 0 heterocycles. The van der Waals surface area contributed by atoms with Gasteiger partial charge >= 0.3 is 0 Å². The molecule has 0 fully saturated rings. The van der Waals surface area contributed by atoms with Crippen LogP contribution in [0.25, 0.3) is 0 Å². The quantitative estimate of drug-likeness (QED) is 0.722. The maximum atomic E-state index is 6.00. The number of halogens is 2. The van der Waals surface area contributed by atoms with Crippen molar-refractivity contribution in [2.75, 3.05) is 7.11 Å². The van der Waals surface area contributed by atoms with Crippen LogP contribution < -0.4 is 4.74 Å². The van der Waals surface area contributed by atoms with Gasteiger partial charge < -0.3 is 4.74 Å². The Morgan fingerprint density at radius 2 is 1.80 bits per heavy atom. The average molecular weight is 294 g/mol. The summed E-state index contributed by atoms with van der Waals surface area (Å²) in [5.41, 5.74) is 1.20.